The van der Waals surface area contributed by atoms with E-state index in [1.165, 1.54) is 4.68 Å². The van der Waals surface area contributed by atoms with E-state index in [1.54, 1.807) is 25.4 Å². The number of rotatable bonds is 0. The lowest BCUT2D eigenvalue weighted by atomic mass is 10.7. The molecule has 1 aromatic heterocycles. The van der Waals surface area contributed by atoms with E-state index >= 15 is 0 Å². The van der Waals surface area contributed by atoms with Crippen molar-refractivity contribution in [2.24, 2.45) is 5.16 Å². The molecule has 0 unspecified atom stereocenters. The fraction of sp³-hybridized carbons (Fsp3) is 0.200. The van der Waals surface area contributed by atoms with Crippen LogP contribution in [0.4, 0.5) is 0 Å². The summed E-state index contributed by atoms with van der Waals surface area (Å²) in [6.45, 7) is 1.66. The van der Waals surface area contributed by atoms with Crippen LogP contribution in [0.2, 0.25) is 0 Å². The molecule has 48 valence electrons. The highest BCUT2D eigenvalue weighted by molar-refractivity contribution is 5.80. The van der Waals surface area contributed by atoms with Crippen LogP contribution >= 0.6 is 0 Å². The first-order valence-corrected chi connectivity index (χ1v) is 2.53. The van der Waals surface area contributed by atoms with Crippen molar-refractivity contribution in [1.82, 2.24) is 9.78 Å². The topological polar surface area (TPSA) is 50.4 Å². The van der Waals surface area contributed by atoms with Crippen LogP contribution in [0.5, 0.6) is 0 Å². The summed E-state index contributed by atoms with van der Waals surface area (Å²) in [5.74, 6) is 0.458. The van der Waals surface area contributed by atoms with Crippen LogP contribution in [0.3, 0.4) is 0 Å². The van der Waals surface area contributed by atoms with Crippen LogP contribution in [0, 0.1) is 0 Å². The lowest BCUT2D eigenvalue weighted by molar-refractivity contribution is 0.316. The molecule has 1 aromatic rings. The maximum Gasteiger partial charge on any atom is 0.165 e. The highest BCUT2D eigenvalue weighted by Crippen LogP contribution is 1.83. The molecule has 0 saturated carbocycles. The maximum absolute atomic E-state index is 8.23. The Morgan fingerprint density at radius 1 is 1.78 bits per heavy atom. The molecule has 9 heavy (non-hydrogen) atoms. The highest BCUT2D eigenvalue weighted by atomic mass is 16.4. The Bertz CT molecular complexity index is 202. The van der Waals surface area contributed by atoms with Crippen LogP contribution in [0.1, 0.15) is 6.92 Å². The summed E-state index contributed by atoms with van der Waals surface area (Å²) in [6, 6.07) is 1.76. The summed E-state index contributed by atoms with van der Waals surface area (Å²) in [7, 11) is 0. The fourth-order valence-electron chi connectivity index (χ4n) is 0.506. The predicted octanol–water partition coefficient (Wildman–Crippen LogP) is 0.539. The molecule has 1 N–H and O–H groups in total. The van der Waals surface area contributed by atoms with E-state index in [9.17, 15) is 0 Å². The second-order valence-corrected chi connectivity index (χ2v) is 1.60. The zero-order chi connectivity index (χ0) is 6.69. The third kappa shape index (κ3) is 1.07. The van der Waals surface area contributed by atoms with E-state index in [0.717, 1.165) is 0 Å². The zero-order valence-electron chi connectivity index (χ0n) is 5.02. The second kappa shape index (κ2) is 2.30. The van der Waals surface area contributed by atoms with Crippen molar-refractivity contribution in [3.8, 4) is 0 Å². The maximum atomic E-state index is 8.23. The molecule has 0 aliphatic heterocycles. The molecule has 0 aromatic carbocycles. The molecular weight excluding hydrogens is 118 g/mol. The Morgan fingerprint density at radius 3 is 3.00 bits per heavy atom. The number of hydrogen-bond acceptors (Lipinski definition) is 3. The molecule has 0 fully saturated rings. The van der Waals surface area contributed by atoms with Gasteiger partial charge in [0.25, 0.3) is 0 Å². The Kier molecular flexibility index (Phi) is 1.48. The minimum absolute atomic E-state index is 0.458. The van der Waals surface area contributed by atoms with E-state index in [-0.39, 0.29) is 0 Å². The molecule has 0 bridgehead atoms. The first-order chi connectivity index (χ1) is 4.34. The van der Waals surface area contributed by atoms with E-state index in [1.807, 2.05) is 0 Å². The van der Waals surface area contributed by atoms with Gasteiger partial charge in [-0.3, -0.25) is 0 Å². The Hall–Kier alpha value is -1.32. The second-order valence-electron chi connectivity index (χ2n) is 1.60. The van der Waals surface area contributed by atoms with Gasteiger partial charge in [-0.05, 0) is 13.0 Å². The van der Waals surface area contributed by atoms with E-state index in [0.29, 0.717) is 5.84 Å². The number of hydrogen-bond donors (Lipinski definition) is 1. The van der Waals surface area contributed by atoms with Gasteiger partial charge in [0.2, 0.25) is 0 Å². The molecule has 0 aliphatic rings. The molecule has 0 atom stereocenters. The Morgan fingerprint density at radius 2 is 2.56 bits per heavy atom. The van der Waals surface area contributed by atoms with Gasteiger partial charge in [0, 0.05) is 12.4 Å². The largest absolute Gasteiger partial charge is 0.409 e. The average molecular weight is 125 g/mol. The molecule has 4 heteroatoms. The summed E-state index contributed by atoms with van der Waals surface area (Å²) in [5, 5.41) is 15.0. The molecule has 1 heterocycles. The van der Waals surface area contributed by atoms with Crippen molar-refractivity contribution >= 4 is 5.84 Å². The van der Waals surface area contributed by atoms with Crippen molar-refractivity contribution in [1.29, 1.82) is 0 Å². The van der Waals surface area contributed by atoms with Gasteiger partial charge in [-0.1, -0.05) is 5.16 Å². The molecule has 0 amide bonds. The molecule has 1 rings (SSSR count). The number of oxime groups is 1. The van der Waals surface area contributed by atoms with Crippen LogP contribution in [0.15, 0.2) is 23.6 Å². The fourth-order valence-corrected chi connectivity index (χ4v) is 0.506. The molecule has 0 aliphatic carbocycles. The Balaban J connectivity index is 2.90. The quantitative estimate of drug-likeness (QED) is 0.238. The van der Waals surface area contributed by atoms with Gasteiger partial charge in [-0.25, -0.2) is 4.68 Å². The normalized spacial score (nSPS) is 11.9. The van der Waals surface area contributed by atoms with Gasteiger partial charge in [-0.2, -0.15) is 5.10 Å². The van der Waals surface area contributed by atoms with Crippen molar-refractivity contribution < 1.29 is 5.21 Å². The first-order valence-electron chi connectivity index (χ1n) is 2.53. The monoisotopic (exact) mass is 125 g/mol. The standard InChI is InChI=1S/C5H7N3O/c1-5(7-9)8-4-2-3-6-8/h2-4,9H,1H3. The van der Waals surface area contributed by atoms with Gasteiger partial charge in [0.1, 0.15) is 0 Å². The SMILES string of the molecule is CC(=NO)n1cccn1. The van der Waals surface area contributed by atoms with Crippen LogP contribution in [0.25, 0.3) is 0 Å². The third-order valence-corrected chi connectivity index (χ3v) is 0.981. The van der Waals surface area contributed by atoms with Gasteiger partial charge >= 0.3 is 0 Å². The third-order valence-electron chi connectivity index (χ3n) is 0.981. The van der Waals surface area contributed by atoms with Crippen LogP contribution < -0.4 is 0 Å². The molecule has 0 spiro atoms. The smallest absolute Gasteiger partial charge is 0.165 e. The minimum atomic E-state index is 0.458. The lowest BCUT2D eigenvalue weighted by Crippen LogP contribution is -2.06. The van der Waals surface area contributed by atoms with Crippen LogP contribution in [-0.4, -0.2) is 20.8 Å². The van der Waals surface area contributed by atoms with E-state index < -0.39 is 0 Å². The van der Waals surface area contributed by atoms with Crippen molar-refractivity contribution in [2.75, 3.05) is 0 Å². The molecule has 4 nitrogen and oxygen atoms in total. The van der Waals surface area contributed by atoms with Crippen LogP contribution in [-0.2, 0) is 0 Å². The Labute approximate surface area is 52.4 Å². The molecule has 0 radical (unpaired) electrons. The summed E-state index contributed by atoms with van der Waals surface area (Å²) in [4.78, 5) is 0. The van der Waals surface area contributed by atoms with Crippen molar-refractivity contribution in [3.63, 3.8) is 0 Å². The first kappa shape index (κ1) is 5.81. The predicted molar refractivity (Wildman–Crippen MR) is 32.5 cm³/mol. The highest BCUT2D eigenvalue weighted by Gasteiger charge is 1.90. The van der Waals surface area contributed by atoms with Gasteiger partial charge in [0.05, 0.1) is 0 Å². The van der Waals surface area contributed by atoms with Gasteiger partial charge in [-0.15, -0.1) is 0 Å². The zero-order valence-corrected chi connectivity index (χ0v) is 5.02. The van der Waals surface area contributed by atoms with E-state index in [2.05, 4.69) is 10.3 Å². The lowest BCUT2D eigenvalue weighted by Gasteiger charge is -1.92. The molecule has 0 saturated heterocycles. The summed E-state index contributed by atoms with van der Waals surface area (Å²) < 4.78 is 1.47. The number of nitrogens with zero attached hydrogens (tertiary/aromatic N) is 3. The minimum Gasteiger partial charge on any atom is -0.409 e. The van der Waals surface area contributed by atoms with E-state index in [4.69, 9.17) is 5.21 Å². The number of aromatic nitrogens is 2. The average Bonchev–Trinajstić information content (AvgIpc) is 2.37. The summed E-state index contributed by atoms with van der Waals surface area (Å²) in [6.07, 6.45) is 3.32. The van der Waals surface area contributed by atoms with Crippen molar-refractivity contribution in [2.45, 2.75) is 6.92 Å². The summed E-state index contributed by atoms with van der Waals surface area (Å²) >= 11 is 0. The van der Waals surface area contributed by atoms with Crippen molar-refractivity contribution in [3.05, 3.63) is 18.5 Å². The van der Waals surface area contributed by atoms with Gasteiger partial charge in [0.15, 0.2) is 5.84 Å². The van der Waals surface area contributed by atoms with Gasteiger partial charge < -0.3 is 5.21 Å². The molecular formula is C5H7N3O. The summed E-state index contributed by atoms with van der Waals surface area (Å²) in [5.41, 5.74) is 0.